The van der Waals surface area contributed by atoms with E-state index in [1.165, 1.54) is 38.3 Å². The fraction of sp³-hybridized carbons (Fsp3) is 0.316. The summed E-state index contributed by atoms with van der Waals surface area (Å²) in [7, 11) is -2.48. The Hall–Kier alpha value is -2.72. The predicted octanol–water partition coefficient (Wildman–Crippen LogP) is 2.32. The number of benzene rings is 2. The molecule has 0 bridgehead atoms. The number of hydrogen-bond donors (Lipinski definition) is 2. The maximum atomic E-state index is 12.5. The van der Waals surface area contributed by atoms with Crippen molar-refractivity contribution in [2.45, 2.75) is 30.9 Å². The Morgan fingerprint density at radius 3 is 2.41 bits per heavy atom. The topological polar surface area (TPSA) is 93.7 Å². The SMILES string of the molecule is COc1ccc(CCNC(=O)[C@H](C)NS(=O)(=O)c2ccccc2)cc1OC(F)F. The van der Waals surface area contributed by atoms with Gasteiger partial charge in [-0.05, 0) is 43.2 Å². The average molecular weight is 428 g/mol. The van der Waals surface area contributed by atoms with Gasteiger partial charge in [-0.15, -0.1) is 0 Å². The molecule has 0 saturated heterocycles. The third-order valence-electron chi connectivity index (χ3n) is 3.94. The second kappa shape index (κ2) is 10.2. The van der Waals surface area contributed by atoms with Gasteiger partial charge in [-0.25, -0.2) is 8.42 Å². The molecule has 1 amide bonds. The minimum absolute atomic E-state index is 0.0597. The van der Waals surface area contributed by atoms with Gasteiger partial charge in [0.25, 0.3) is 0 Å². The molecule has 29 heavy (non-hydrogen) atoms. The van der Waals surface area contributed by atoms with E-state index in [1.807, 2.05) is 0 Å². The van der Waals surface area contributed by atoms with Crippen LogP contribution in [0.15, 0.2) is 53.4 Å². The van der Waals surface area contributed by atoms with Gasteiger partial charge in [-0.2, -0.15) is 13.5 Å². The molecule has 0 aliphatic rings. The van der Waals surface area contributed by atoms with Gasteiger partial charge in [0.15, 0.2) is 11.5 Å². The molecule has 0 aliphatic heterocycles. The third-order valence-corrected chi connectivity index (χ3v) is 5.49. The second-order valence-electron chi connectivity index (χ2n) is 6.06. The number of halogens is 2. The molecule has 2 aromatic rings. The first kappa shape index (κ1) is 22.6. The minimum Gasteiger partial charge on any atom is -0.493 e. The van der Waals surface area contributed by atoms with Crippen LogP contribution in [0.25, 0.3) is 0 Å². The summed E-state index contributed by atoms with van der Waals surface area (Å²) in [6.07, 6.45) is 0.327. The third kappa shape index (κ3) is 6.68. The Labute approximate surface area is 168 Å². The van der Waals surface area contributed by atoms with Crippen molar-refractivity contribution < 1.29 is 31.5 Å². The zero-order valence-corrected chi connectivity index (χ0v) is 16.7. The number of methoxy groups -OCH3 is 1. The molecule has 158 valence electrons. The molecular formula is C19H22F2N2O5S. The Kier molecular flexibility index (Phi) is 7.91. The van der Waals surface area contributed by atoms with Crippen LogP contribution in [0.5, 0.6) is 11.5 Å². The molecule has 2 aromatic carbocycles. The lowest BCUT2D eigenvalue weighted by Crippen LogP contribution is -2.45. The van der Waals surface area contributed by atoms with Crippen molar-refractivity contribution in [3.63, 3.8) is 0 Å². The second-order valence-corrected chi connectivity index (χ2v) is 7.77. The van der Waals surface area contributed by atoms with Crippen molar-refractivity contribution in [2.24, 2.45) is 0 Å². The van der Waals surface area contributed by atoms with Gasteiger partial charge in [0.05, 0.1) is 18.0 Å². The van der Waals surface area contributed by atoms with Crippen LogP contribution in [0.3, 0.4) is 0 Å². The number of amides is 1. The minimum atomic E-state index is -3.82. The lowest BCUT2D eigenvalue weighted by molar-refractivity contribution is -0.122. The van der Waals surface area contributed by atoms with Crippen LogP contribution in [0, 0.1) is 0 Å². The van der Waals surface area contributed by atoms with Gasteiger partial charge in [0, 0.05) is 6.54 Å². The summed E-state index contributed by atoms with van der Waals surface area (Å²) in [6.45, 7) is -1.38. The highest BCUT2D eigenvalue weighted by molar-refractivity contribution is 7.89. The van der Waals surface area contributed by atoms with Crippen molar-refractivity contribution in [1.29, 1.82) is 0 Å². The zero-order chi connectivity index (χ0) is 21.4. The molecule has 7 nitrogen and oxygen atoms in total. The van der Waals surface area contributed by atoms with E-state index in [2.05, 4.69) is 14.8 Å². The summed E-state index contributed by atoms with van der Waals surface area (Å²) in [5.74, 6) is -0.445. The van der Waals surface area contributed by atoms with Crippen LogP contribution in [0.1, 0.15) is 12.5 Å². The summed E-state index contributed by atoms with van der Waals surface area (Å²) in [5, 5.41) is 2.61. The van der Waals surface area contributed by atoms with Crippen molar-refractivity contribution in [3.8, 4) is 11.5 Å². The summed E-state index contributed by atoms with van der Waals surface area (Å²) >= 11 is 0. The fourth-order valence-electron chi connectivity index (χ4n) is 2.50. The smallest absolute Gasteiger partial charge is 0.387 e. The normalized spacial score (nSPS) is 12.4. The van der Waals surface area contributed by atoms with Crippen molar-refractivity contribution in [3.05, 3.63) is 54.1 Å². The highest BCUT2D eigenvalue weighted by Gasteiger charge is 2.21. The van der Waals surface area contributed by atoms with Crippen LogP contribution in [0.2, 0.25) is 0 Å². The maximum Gasteiger partial charge on any atom is 0.387 e. The predicted molar refractivity (Wildman–Crippen MR) is 103 cm³/mol. The van der Waals surface area contributed by atoms with Crippen molar-refractivity contribution in [1.82, 2.24) is 10.0 Å². The van der Waals surface area contributed by atoms with Crippen LogP contribution >= 0.6 is 0 Å². The maximum absolute atomic E-state index is 12.5. The van der Waals surface area contributed by atoms with E-state index < -0.39 is 28.6 Å². The lowest BCUT2D eigenvalue weighted by Gasteiger charge is -2.15. The summed E-state index contributed by atoms with van der Waals surface area (Å²) in [4.78, 5) is 12.2. The van der Waals surface area contributed by atoms with E-state index in [9.17, 15) is 22.0 Å². The van der Waals surface area contributed by atoms with Gasteiger partial charge in [0.2, 0.25) is 15.9 Å². The Morgan fingerprint density at radius 1 is 1.10 bits per heavy atom. The molecule has 0 radical (unpaired) electrons. The van der Waals surface area contributed by atoms with Crippen LogP contribution in [-0.2, 0) is 21.2 Å². The quantitative estimate of drug-likeness (QED) is 0.606. The van der Waals surface area contributed by atoms with Gasteiger partial charge in [-0.3, -0.25) is 4.79 Å². The zero-order valence-electron chi connectivity index (χ0n) is 15.9. The van der Waals surface area contributed by atoms with Gasteiger partial charge in [-0.1, -0.05) is 24.3 Å². The number of rotatable bonds is 10. The molecule has 2 N–H and O–H groups in total. The van der Waals surface area contributed by atoms with Gasteiger partial charge in [0.1, 0.15) is 0 Å². The van der Waals surface area contributed by atoms with E-state index in [4.69, 9.17) is 4.74 Å². The monoisotopic (exact) mass is 428 g/mol. The van der Waals surface area contributed by atoms with Crippen LogP contribution in [-0.4, -0.2) is 40.6 Å². The number of nitrogens with one attached hydrogen (secondary N) is 2. The number of carbonyl (C=O) groups excluding carboxylic acids is 1. The molecule has 0 unspecified atom stereocenters. The first-order valence-corrected chi connectivity index (χ1v) is 10.2. The van der Waals surface area contributed by atoms with Crippen LogP contribution in [0.4, 0.5) is 8.78 Å². The van der Waals surface area contributed by atoms with Crippen molar-refractivity contribution in [2.75, 3.05) is 13.7 Å². The highest BCUT2D eigenvalue weighted by Crippen LogP contribution is 2.29. The fourth-order valence-corrected chi connectivity index (χ4v) is 3.73. The first-order valence-electron chi connectivity index (χ1n) is 8.69. The molecular weight excluding hydrogens is 406 g/mol. The molecule has 0 aliphatic carbocycles. The number of ether oxygens (including phenoxy) is 2. The molecule has 0 aromatic heterocycles. The highest BCUT2D eigenvalue weighted by atomic mass is 32.2. The summed E-state index contributed by atoms with van der Waals surface area (Å²) in [5.41, 5.74) is 0.638. The summed E-state index contributed by atoms with van der Waals surface area (Å²) < 4.78 is 61.2. The lowest BCUT2D eigenvalue weighted by atomic mass is 10.1. The largest absolute Gasteiger partial charge is 0.493 e. The number of alkyl halides is 2. The first-order chi connectivity index (χ1) is 13.7. The standard InChI is InChI=1S/C19H22F2N2O5S/c1-13(23-29(25,26)15-6-4-3-5-7-15)18(24)22-11-10-14-8-9-16(27-2)17(12-14)28-19(20)21/h3-9,12-13,19,23H,10-11H2,1-2H3,(H,22,24)/t13-/m0/s1. The van der Waals surface area contributed by atoms with E-state index in [-0.39, 0.29) is 22.9 Å². The molecule has 1 atom stereocenters. The molecule has 0 saturated carbocycles. The Balaban J connectivity index is 1.91. The van der Waals surface area contributed by atoms with E-state index in [0.29, 0.717) is 12.0 Å². The molecule has 0 heterocycles. The van der Waals surface area contributed by atoms with E-state index in [1.54, 1.807) is 24.3 Å². The van der Waals surface area contributed by atoms with E-state index >= 15 is 0 Å². The molecule has 0 spiro atoms. The Bertz CT molecular complexity index is 923. The van der Waals surface area contributed by atoms with Gasteiger partial charge >= 0.3 is 6.61 Å². The summed E-state index contributed by atoms with van der Waals surface area (Å²) in [6, 6.07) is 11.3. The number of carbonyl (C=O) groups is 1. The Morgan fingerprint density at radius 2 is 1.79 bits per heavy atom. The van der Waals surface area contributed by atoms with Crippen molar-refractivity contribution >= 4 is 15.9 Å². The van der Waals surface area contributed by atoms with E-state index in [0.717, 1.165) is 0 Å². The molecule has 0 fully saturated rings. The molecule has 2 rings (SSSR count). The van der Waals surface area contributed by atoms with Gasteiger partial charge < -0.3 is 14.8 Å². The van der Waals surface area contributed by atoms with Crippen LogP contribution < -0.4 is 19.5 Å². The average Bonchev–Trinajstić information content (AvgIpc) is 2.68. The number of hydrogen-bond acceptors (Lipinski definition) is 5. The molecule has 10 heteroatoms. The number of sulfonamides is 1.